The first-order valence-electron chi connectivity index (χ1n) is 5.07. The Morgan fingerprint density at radius 3 is 2.94 bits per heavy atom. The number of ether oxygens (including phenoxy) is 1. The Morgan fingerprint density at radius 1 is 1.44 bits per heavy atom. The van der Waals surface area contributed by atoms with Gasteiger partial charge in [0.1, 0.15) is 5.75 Å². The fourth-order valence-electron chi connectivity index (χ4n) is 1.22. The van der Waals surface area contributed by atoms with Crippen LogP contribution < -0.4 is 4.74 Å². The lowest BCUT2D eigenvalue weighted by molar-refractivity contribution is 0.0696. The van der Waals surface area contributed by atoms with Crippen LogP contribution in [0.2, 0.25) is 0 Å². The number of hydrogen-bond donors (Lipinski definition) is 1. The summed E-state index contributed by atoms with van der Waals surface area (Å²) in [5.41, 5.74) is 0.217. The maximum Gasteiger partial charge on any atom is 0.335 e. The van der Waals surface area contributed by atoms with E-state index in [9.17, 15) is 4.79 Å². The number of aromatic carboxylic acids is 1. The van der Waals surface area contributed by atoms with Gasteiger partial charge in [0.05, 0.1) is 18.2 Å². The van der Waals surface area contributed by atoms with Crippen LogP contribution in [0, 0.1) is 11.3 Å². The van der Waals surface area contributed by atoms with Crippen LogP contribution in [0.25, 0.3) is 0 Å². The summed E-state index contributed by atoms with van der Waals surface area (Å²) in [6.07, 6.45) is 2.12. The second-order valence-electron chi connectivity index (χ2n) is 3.30. The summed E-state index contributed by atoms with van der Waals surface area (Å²) < 4.78 is 5.37. The standard InChI is InChI=1S/C12H13NO3/c13-7-2-1-3-8-16-11-6-4-5-10(9-11)12(14)15/h4-6,9H,1-3,8H2,(H,14,15). The molecule has 0 heterocycles. The lowest BCUT2D eigenvalue weighted by Gasteiger charge is -2.05. The normalized spacial score (nSPS) is 9.44. The van der Waals surface area contributed by atoms with E-state index >= 15 is 0 Å². The van der Waals surface area contributed by atoms with Gasteiger partial charge in [0.25, 0.3) is 0 Å². The van der Waals surface area contributed by atoms with E-state index in [1.165, 1.54) is 12.1 Å². The van der Waals surface area contributed by atoms with Crippen molar-refractivity contribution in [3.05, 3.63) is 29.8 Å². The van der Waals surface area contributed by atoms with Gasteiger partial charge in [0.15, 0.2) is 0 Å². The predicted octanol–water partition coefficient (Wildman–Crippen LogP) is 2.46. The molecule has 0 spiro atoms. The molecule has 1 aromatic carbocycles. The van der Waals surface area contributed by atoms with Crippen molar-refractivity contribution in [2.45, 2.75) is 19.3 Å². The van der Waals surface area contributed by atoms with Gasteiger partial charge in [-0.25, -0.2) is 4.79 Å². The molecule has 0 bridgehead atoms. The average molecular weight is 219 g/mol. The molecule has 0 aliphatic rings. The fourth-order valence-corrected chi connectivity index (χ4v) is 1.22. The summed E-state index contributed by atoms with van der Waals surface area (Å²) in [4.78, 5) is 10.7. The Kier molecular flexibility index (Phi) is 4.87. The topological polar surface area (TPSA) is 70.3 Å². The van der Waals surface area contributed by atoms with Gasteiger partial charge >= 0.3 is 5.97 Å². The number of nitriles is 1. The largest absolute Gasteiger partial charge is 0.494 e. The quantitative estimate of drug-likeness (QED) is 0.746. The molecule has 0 unspecified atom stereocenters. The molecule has 1 N–H and O–H groups in total. The van der Waals surface area contributed by atoms with Crippen LogP contribution in [0.15, 0.2) is 24.3 Å². The van der Waals surface area contributed by atoms with Crippen molar-refractivity contribution >= 4 is 5.97 Å². The third-order valence-electron chi connectivity index (χ3n) is 2.03. The van der Waals surface area contributed by atoms with Gasteiger partial charge in [0, 0.05) is 6.42 Å². The van der Waals surface area contributed by atoms with E-state index in [2.05, 4.69) is 6.07 Å². The van der Waals surface area contributed by atoms with Crippen molar-refractivity contribution in [1.82, 2.24) is 0 Å². The van der Waals surface area contributed by atoms with Crippen LogP contribution in [-0.4, -0.2) is 17.7 Å². The van der Waals surface area contributed by atoms with Gasteiger partial charge in [-0.15, -0.1) is 0 Å². The second kappa shape index (κ2) is 6.46. The van der Waals surface area contributed by atoms with Gasteiger partial charge in [-0.05, 0) is 31.0 Å². The van der Waals surface area contributed by atoms with E-state index in [4.69, 9.17) is 15.1 Å². The van der Waals surface area contributed by atoms with Crippen molar-refractivity contribution in [2.24, 2.45) is 0 Å². The van der Waals surface area contributed by atoms with Crippen molar-refractivity contribution < 1.29 is 14.6 Å². The van der Waals surface area contributed by atoms with Crippen LogP contribution in [0.1, 0.15) is 29.6 Å². The summed E-state index contributed by atoms with van der Waals surface area (Å²) in [6, 6.07) is 8.43. The fraction of sp³-hybridized carbons (Fsp3) is 0.333. The molecule has 0 aliphatic carbocycles. The van der Waals surface area contributed by atoms with E-state index in [-0.39, 0.29) is 5.56 Å². The van der Waals surface area contributed by atoms with E-state index in [0.29, 0.717) is 18.8 Å². The van der Waals surface area contributed by atoms with E-state index in [0.717, 1.165) is 12.8 Å². The Morgan fingerprint density at radius 2 is 2.25 bits per heavy atom. The summed E-state index contributed by atoms with van der Waals surface area (Å²) in [5.74, 6) is -0.410. The summed E-state index contributed by atoms with van der Waals surface area (Å²) in [5, 5.41) is 17.1. The second-order valence-corrected chi connectivity index (χ2v) is 3.30. The van der Waals surface area contributed by atoms with Crippen molar-refractivity contribution in [3.63, 3.8) is 0 Å². The number of benzene rings is 1. The molecule has 0 fully saturated rings. The van der Waals surface area contributed by atoms with Crippen LogP contribution in [-0.2, 0) is 0 Å². The monoisotopic (exact) mass is 219 g/mol. The predicted molar refractivity (Wildman–Crippen MR) is 58.4 cm³/mol. The minimum absolute atomic E-state index is 0.217. The number of carboxylic acids is 1. The van der Waals surface area contributed by atoms with Gasteiger partial charge < -0.3 is 9.84 Å². The maximum absolute atomic E-state index is 10.7. The molecular weight excluding hydrogens is 206 g/mol. The van der Waals surface area contributed by atoms with Crippen molar-refractivity contribution in [1.29, 1.82) is 5.26 Å². The number of rotatable bonds is 6. The molecule has 0 aromatic heterocycles. The Labute approximate surface area is 94.1 Å². The van der Waals surface area contributed by atoms with Crippen LogP contribution in [0.4, 0.5) is 0 Å². The summed E-state index contributed by atoms with van der Waals surface area (Å²) in [6.45, 7) is 0.505. The van der Waals surface area contributed by atoms with Crippen LogP contribution >= 0.6 is 0 Å². The summed E-state index contributed by atoms with van der Waals surface area (Å²) in [7, 11) is 0. The Bertz CT molecular complexity index is 395. The first kappa shape index (κ1) is 12.1. The van der Waals surface area contributed by atoms with E-state index < -0.39 is 5.97 Å². The first-order valence-corrected chi connectivity index (χ1v) is 5.07. The molecule has 0 atom stereocenters. The average Bonchev–Trinajstić information content (AvgIpc) is 2.29. The zero-order valence-electron chi connectivity index (χ0n) is 8.85. The number of nitrogens with zero attached hydrogens (tertiary/aromatic N) is 1. The van der Waals surface area contributed by atoms with Gasteiger partial charge in [-0.3, -0.25) is 0 Å². The lowest BCUT2D eigenvalue weighted by atomic mass is 10.2. The Hall–Kier alpha value is -2.02. The zero-order valence-corrected chi connectivity index (χ0v) is 8.85. The van der Waals surface area contributed by atoms with Crippen LogP contribution in [0.3, 0.4) is 0 Å². The first-order chi connectivity index (χ1) is 7.74. The van der Waals surface area contributed by atoms with Gasteiger partial charge in [-0.2, -0.15) is 5.26 Å². The zero-order chi connectivity index (χ0) is 11.8. The lowest BCUT2D eigenvalue weighted by Crippen LogP contribution is -2.00. The van der Waals surface area contributed by atoms with Gasteiger partial charge in [0.2, 0.25) is 0 Å². The molecule has 16 heavy (non-hydrogen) atoms. The van der Waals surface area contributed by atoms with Crippen molar-refractivity contribution in [2.75, 3.05) is 6.61 Å². The number of hydrogen-bond acceptors (Lipinski definition) is 3. The minimum atomic E-state index is -0.963. The third kappa shape index (κ3) is 4.01. The smallest absolute Gasteiger partial charge is 0.335 e. The molecule has 4 heteroatoms. The molecule has 0 radical (unpaired) electrons. The number of carbonyl (C=O) groups is 1. The highest BCUT2D eigenvalue weighted by atomic mass is 16.5. The number of carboxylic acid groups (broad SMARTS) is 1. The molecule has 1 aromatic rings. The van der Waals surface area contributed by atoms with E-state index in [1.54, 1.807) is 12.1 Å². The summed E-state index contributed by atoms with van der Waals surface area (Å²) >= 11 is 0. The molecule has 84 valence electrons. The highest BCUT2D eigenvalue weighted by Gasteiger charge is 2.03. The molecule has 0 saturated carbocycles. The maximum atomic E-state index is 10.7. The molecule has 0 aliphatic heterocycles. The van der Waals surface area contributed by atoms with Crippen molar-refractivity contribution in [3.8, 4) is 11.8 Å². The number of unbranched alkanes of at least 4 members (excludes halogenated alkanes) is 2. The molecule has 1 rings (SSSR count). The highest BCUT2D eigenvalue weighted by Crippen LogP contribution is 2.13. The SMILES string of the molecule is N#CCCCCOc1cccc(C(=O)O)c1. The van der Waals surface area contributed by atoms with E-state index in [1.807, 2.05) is 0 Å². The molecular formula is C12H13NO3. The molecule has 4 nitrogen and oxygen atoms in total. The minimum Gasteiger partial charge on any atom is -0.494 e. The van der Waals surface area contributed by atoms with Gasteiger partial charge in [-0.1, -0.05) is 6.07 Å². The highest BCUT2D eigenvalue weighted by molar-refractivity contribution is 5.87. The Balaban J connectivity index is 2.39. The van der Waals surface area contributed by atoms with Crippen LogP contribution in [0.5, 0.6) is 5.75 Å². The molecule has 0 saturated heterocycles. The molecule has 0 amide bonds. The third-order valence-corrected chi connectivity index (χ3v) is 2.03.